The van der Waals surface area contributed by atoms with Crippen molar-refractivity contribution in [2.45, 2.75) is 44.3 Å². The maximum absolute atomic E-state index is 12.9. The minimum absolute atomic E-state index is 0. The van der Waals surface area contributed by atoms with E-state index in [1.807, 2.05) is 0 Å². The molecule has 1 aliphatic carbocycles. The molecule has 3 N–H and O–H groups in total. The minimum Gasteiger partial charge on any atom is -0.346 e. The zero-order valence-electron chi connectivity index (χ0n) is 15.2. The van der Waals surface area contributed by atoms with Crippen molar-refractivity contribution in [1.82, 2.24) is 20.3 Å². The first-order valence-electron chi connectivity index (χ1n) is 8.99. The Labute approximate surface area is 167 Å². The predicted octanol–water partition coefficient (Wildman–Crippen LogP) is 3.35. The number of alkyl halides is 3. The fraction of sp³-hybridized carbons (Fsp3) is 0.500. The maximum atomic E-state index is 12.9. The average Bonchev–Trinajstić information content (AvgIpc) is 3.16. The minimum atomic E-state index is -4.45. The largest absolute Gasteiger partial charge is 0.416 e. The third kappa shape index (κ3) is 5.23. The van der Waals surface area contributed by atoms with Crippen LogP contribution in [0.25, 0.3) is 5.69 Å². The third-order valence-electron chi connectivity index (χ3n) is 4.95. The van der Waals surface area contributed by atoms with E-state index in [-0.39, 0.29) is 29.8 Å². The Balaban J connectivity index is 0.00000280. The SMILES string of the molecule is Cl.NCC(NC(=O)c1cn(-c2cccc(C(F)(F)F)c2)nn1)C1CCCCC1. The average molecular weight is 418 g/mol. The van der Waals surface area contributed by atoms with Crippen LogP contribution in [0.3, 0.4) is 0 Å². The Morgan fingerprint density at radius 3 is 2.64 bits per heavy atom. The Morgan fingerprint density at radius 1 is 1.29 bits per heavy atom. The van der Waals surface area contributed by atoms with Gasteiger partial charge in [0, 0.05) is 12.6 Å². The zero-order chi connectivity index (χ0) is 19.4. The van der Waals surface area contributed by atoms with Gasteiger partial charge in [-0.3, -0.25) is 4.79 Å². The predicted molar refractivity (Wildman–Crippen MR) is 100 cm³/mol. The lowest BCUT2D eigenvalue weighted by molar-refractivity contribution is -0.137. The molecule has 1 aromatic carbocycles. The first-order valence-corrected chi connectivity index (χ1v) is 8.99. The topological polar surface area (TPSA) is 85.8 Å². The van der Waals surface area contributed by atoms with Crippen LogP contribution in [-0.4, -0.2) is 33.5 Å². The van der Waals surface area contributed by atoms with Crippen LogP contribution in [0.15, 0.2) is 30.5 Å². The number of nitrogens with two attached hydrogens (primary N) is 1. The second-order valence-corrected chi connectivity index (χ2v) is 6.81. The smallest absolute Gasteiger partial charge is 0.346 e. The van der Waals surface area contributed by atoms with Gasteiger partial charge in [0.25, 0.3) is 5.91 Å². The van der Waals surface area contributed by atoms with E-state index in [1.165, 1.54) is 24.8 Å². The lowest BCUT2D eigenvalue weighted by Gasteiger charge is -2.29. The Hall–Kier alpha value is -2.13. The van der Waals surface area contributed by atoms with Crippen molar-refractivity contribution in [3.05, 3.63) is 41.7 Å². The van der Waals surface area contributed by atoms with Crippen LogP contribution in [0.4, 0.5) is 13.2 Å². The quantitative estimate of drug-likeness (QED) is 0.781. The van der Waals surface area contributed by atoms with Crippen molar-refractivity contribution in [2.75, 3.05) is 6.54 Å². The molecular formula is C18H23ClF3N5O. The molecule has 2 aromatic rings. The maximum Gasteiger partial charge on any atom is 0.416 e. The third-order valence-corrected chi connectivity index (χ3v) is 4.95. The molecule has 6 nitrogen and oxygen atoms in total. The van der Waals surface area contributed by atoms with Crippen LogP contribution in [-0.2, 0) is 6.18 Å². The lowest BCUT2D eigenvalue weighted by atomic mass is 9.84. The highest BCUT2D eigenvalue weighted by atomic mass is 35.5. The van der Waals surface area contributed by atoms with Crippen LogP contribution in [0.2, 0.25) is 0 Å². The Morgan fingerprint density at radius 2 is 2.00 bits per heavy atom. The van der Waals surface area contributed by atoms with Crippen molar-refractivity contribution < 1.29 is 18.0 Å². The molecule has 1 aliphatic rings. The fourth-order valence-electron chi connectivity index (χ4n) is 3.47. The second-order valence-electron chi connectivity index (χ2n) is 6.81. The van der Waals surface area contributed by atoms with Gasteiger partial charge in [0.2, 0.25) is 0 Å². The Kier molecular flexibility index (Phi) is 7.42. The first kappa shape index (κ1) is 22.2. The molecule has 1 fully saturated rings. The number of benzene rings is 1. The van der Waals surface area contributed by atoms with E-state index in [9.17, 15) is 18.0 Å². The van der Waals surface area contributed by atoms with Crippen molar-refractivity contribution in [3.8, 4) is 5.69 Å². The molecule has 0 saturated heterocycles. The monoisotopic (exact) mass is 417 g/mol. The summed E-state index contributed by atoms with van der Waals surface area (Å²) in [6.07, 6.45) is 2.38. The number of hydrogen-bond acceptors (Lipinski definition) is 4. The molecule has 1 aromatic heterocycles. The molecule has 1 amide bonds. The molecule has 10 heteroatoms. The van der Waals surface area contributed by atoms with Gasteiger partial charge in [0.15, 0.2) is 5.69 Å². The summed E-state index contributed by atoms with van der Waals surface area (Å²) in [6, 6.07) is 4.55. The number of nitrogens with zero attached hydrogens (tertiary/aromatic N) is 3. The van der Waals surface area contributed by atoms with E-state index < -0.39 is 17.6 Å². The molecule has 1 heterocycles. The van der Waals surface area contributed by atoms with Gasteiger partial charge in [0.05, 0.1) is 17.4 Å². The van der Waals surface area contributed by atoms with Gasteiger partial charge in [-0.05, 0) is 37.0 Å². The van der Waals surface area contributed by atoms with Gasteiger partial charge < -0.3 is 11.1 Å². The lowest BCUT2D eigenvalue weighted by Crippen LogP contribution is -2.46. The molecule has 1 saturated carbocycles. The number of hydrogen-bond donors (Lipinski definition) is 2. The number of rotatable bonds is 5. The summed E-state index contributed by atoms with van der Waals surface area (Å²) in [7, 11) is 0. The zero-order valence-corrected chi connectivity index (χ0v) is 16.0. The van der Waals surface area contributed by atoms with E-state index in [1.54, 1.807) is 0 Å². The van der Waals surface area contributed by atoms with E-state index in [0.29, 0.717) is 12.5 Å². The molecule has 0 bridgehead atoms. The highest BCUT2D eigenvalue weighted by Crippen LogP contribution is 2.30. The van der Waals surface area contributed by atoms with Crippen LogP contribution in [0.5, 0.6) is 0 Å². The van der Waals surface area contributed by atoms with E-state index in [2.05, 4.69) is 15.6 Å². The molecule has 154 valence electrons. The first-order chi connectivity index (χ1) is 12.9. The molecule has 0 spiro atoms. The summed E-state index contributed by atoms with van der Waals surface area (Å²) in [4.78, 5) is 12.5. The molecule has 0 radical (unpaired) electrons. The number of halogens is 4. The van der Waals surface area contributed by atoms with E-state index >= 15 is 0 Å². The van der Waals surface area contributed by atoms with Crippen molar-refractivity contribution in [1.29, 1.82) is 0 Å². The molecule has 1 atom stereocenters. The standard InChI is InChI=1S/C18H22F3N5O.ClH/c19-18(20,21)13-7-4-8-14(9-13)26-11-16(24-25-26)17(27)23-15(10-22)12-5-2-1-3-6-12;/h4,7-9,11-12,15H,1-3,5-6,10,22H2,(H,23,27);1H. The van der Waals surface area contributed by atoms with Gasteiger partial charge in [-0.25, -0.2) is 4.68 Å². The van der Waals surface area contributed by atoms with Gasteiger partial charge in [-0.15, -0.1) is 17.5 Å². The second kappa shape index (κ2) is 9.38. The Bertz CT molecular complexity index is 790. The summed E-state index contributed by atoms with van der Waals surface area (Å²) in [5.41, 5.74) is 5.25. The molecule has 3 rings (SSSR count). The number of aromatic nitrogens is 3. The van der Waals surface area contributed by atoms with Gasteiger partial charge in [0.1, 0.15) is 0 Å². The molecule has 28 heavy (non-hydrogen) atoms. The van der Waals surface area contributed by atoms with Gasteiger partial charge in [-0.2, -0.15) is 13.2 Å². The molecule has 1 unspecified atom stereocenters. The van der Waals surface area contributed by atoms with Crippen molar-refractivity contribution in [3.63, 3.8) is 0 Å². The van der Waals surface area contributed by atoms with Crippen LogP contribution >= 0.6 is 12.4 Å². The summed E-state index contributed by atoms with van der Waals surface area (Å²) in [5, 5.41) is 10.5. The van der Waals surface area contributed by atoms with E-state index in [4.69, 9.17) is 5.73 Å². The number of carbonyl (C=O) groups excluding carboxylic acids is 1. The van der Waals surface area contributed by atoms with Crippen molar-refractivity contribution >= 4 is 18.3 Å². The normalized spacial score (nSPS) is 16.3. The fourth-order valence-corrected chi connectivity index (χ4v) is 3.47. The summed E-state index contributed by atoms with van der Waals surface area (Å²) in [5.74, 6) is -0.0829. The van der Waals surface area contributed by atoms with Crippen LogP contribution < -0.4 is 11.1 Å². The molecule has 0 aliphatic heterocycles. The number of carbonyl (C=O) groups is 1. The molecular weight excluding hydrogens is 395 g/mol. The van der Waals surface area contributed by atoms with Crippen LogP contribution in [0.1, 0.15) is 48.2 Å². The highest BCUT2D eigenvalue weighted by Gasteiger charge is 2.31. The van der Waals surface area contributed by atoms with E-state index in [0.717, 1.165) is 42.5 Å². The summed E-state index contributed by atoms with van der Waals surface area (Å²) in [6.45, 7) is 0.332. The number of nitrogens with one attached hydrogen (secondary N) is 1. The summed E-state index contributed by atoms with van der Waals surface area (Å²) < 4.78 is 39.7. The van der Waals surface area contributed by atoms with Gasteiger partial charge in [-0.1, -0.05) is 30.5 Å². The van der Waals surface area contributed by atoms with Gasteiger partial charge >= 0.3 is 6.18 Å². The number of amides is 1. The highest BCUT2D eigenvalue weighted by molar-refractivity contribution is 5.92. The van der Waals surface area contributed by atoms with Crippen LogP contribution in [0, 0.1) is 5.92 Å². The summed E-state index contributed by atoms with van der Waals surface area (Å²) >= 11 is 0. The van der Waals surface area contributed by atoms with Crippen molar-refractivity contribution in [2.24, 2.45) is 11.7 Å².